The Labute approximate surface area is 149 Å². The van der Waals surface area contributed by atoms with Crippen LogP contribution in [0.15, 0.2) is 30.3 Å². The minimum Gasteiger partial charge on any atom is -0.310 e. The van der Waals surface area contributed by atoms with Crippen LogP contribution in [0.5, 0.6) is 0 Å². The maximum Gasteiger partial charge on any atom is 0.327 e. The van der Waals surface area contributed by atoms with Crippen molar-refractivity contribution in [3.05, 3.63) is 35.9 Å². The first-order valence-electron chi connectivity index (χ1n) is 9.44. The number of imide groups is 1. The molecule has 5 heteroatoms. The lowest BCUT2D eigenvalue weighted by Gasteiger charge is -2.40. The van der Waals surface area contributed by atoms with Gasteiger partial charge in [-0.2, -0.15) is 0 Å². The number of carbonyl (C=O) groups is 2. The fourth-order valence-corrected chi connectivity index (χ4v) is 4.77. The number of carbonyl (C=O) groups excluding carboxylic acids is 2. The summed E-state index contributed by atoms with van der Waals surface area (Å²) in [7, 11) is 0. The van der Waals surface area contributed by atoms with Gasteiger partial charge in [0.2, 0.25) is 0 Å². The van der Waals surface area contributed by atoms with Crippen LogP contribution in [0.3, 0.4) is 0 Å². The van der Waals surface area contributed by atoms with Crippen molar-refractivity contribution in [2.45, 2.75) is 63.7 Å². The number of hydrogen-bond donors (Lipinski definition) is 0. The van der Waals surface area contributed by atoms with Gasteiger partial charge < -0.3 is 4.90 Å². The van der Waals surface area contributed by atoms with E-state index in [1.807, 2.05) is 13.0 Å². The van der Waals surface area contributed by atoms with E-state index in [9.17, 15) is 9.59 Å². The van der Waals surface area contributed by atoms with Gasteiger partial charge in [-0.05, 0) is 45.1 Å². The second-order valence-corrected chi connectivity index (χ2v) is 7.97. The Morgan fingerprint density at radius 2 is 1.92 bits per heavy atom. The molecule has 0 aromatic heterocycles. The van der Waals surface area contributed by atoms with Crippen molar-refractivity contribution in [1.82, 2.24) is 14.7 Å². The molecule has 3 saturated heterocycles. The zero-order chi connectivity index (χ0) is 17.6. The number of urea groups is 1. The number of nitrogens with zero attached hydrogens (tertiary/aromatic N) is 3. The first-order valence-corrected chi connectivity index (χ1v) is 9.44. The number of likely N-dealkylation sites (tertiary alicyclic amines) is 1. The third-order valence-corrected chi connectivity index (χ3v) is 6.34. The Bertz CT molecular complexity index is 677. The molecule has 1 aromatic rings. The Hall–Kier alpha value is -1.88. The Morgan fingerprint density at radius 3 is 2.60 bits per heavy atom. The van der Waals surface area contributed by atoms with E-state index in [1.54, 1.807) is 9.80 Å². The first-order chi connectivity index (χ1) is 12.0. The van der Waals surface area contributed by atoms with Crippen LogP contribution in [0, 0.1) is 0 Å². The van der Waals surface area contributed by atoms with Crippen molar-refractivity contribution in [2.24, 2.45) is 0 Å². The zero-order valence-electron chi connectivity index (χ0n) is 15.1. The average molecular weight is 341 g/mol. The summed E-state index contributed by atoms with van der Waals surface area (Å²) in [5, 5.41) is 0. The highest BCUT2D eigenvalue weighted by molar-refractivity contribution is 6.07. The van der Waals surface area contributed by atoms with Crippen LogP contribution >= 0.6 is 0 Å². The minimum absolute atomic E-state index is 0.0312. The van der Waals surface area contributed by atoms with Gasteiger partial charge in [0.05, 0.1) is 0 Å². The molecule has 3 aliphatic rings. The van der Waals surface area contributed by atoms with Crippen LogP contribution in [-0.2, 0) is 11.3 Å². The number of amides is 3. The van der Waals surface area contributed by atoms with Crippen molar-refractivity contribution < 1.29 is 9.59 Å². The molecular weight excluding hydrogens is 314 g/mol. The summed E-state index contributed by atoms with van der Waals surface area (Å²) in [5.41, 5.74) is 0.732. The van der Waals surface area contributed by atoms with E-state index < -0.39 is 5.54 Å². The summed E-state index contributed by atoms with van der Waals surface area (Å²) in [6.07, 6.45) is 3.48. The van der Waals surface area contributed by atoms with Gasteiger partial charge >= 0.3 is 6.03 Å². The van der Waals surface area contributed by atoms with E-state index in [0.717, 1.165) is 45.3 Å². The molecular formula is C20H27N3O2. The molecule has 5 nitrogen and oxygen atoms in total. The number of fused-ring (bicyclic) bond motifs is 1. The molecule has 0 aliphatic carbocycles. The highest BCUT2D eigenvalue weighted by Gasteiger charge is 2.58. The summed E-state index contributed by atoms with van der Waals surface area (Å²) in [6, 6.07) is 10.8. The lowest BCUT2D eigenvalue weighted by atomic mass is 9.94. The standard InChI is InChI=1S/C20H27N3O2/c1-15-13-17(9-12-21(15)14-16-7-4-3-5-8-16)23-18(24)20(2)10-6-11-22(20)19(23)25/h3-5,7-8,15,17H,6,9-14H2,1-2H3/t15-,17+,20+/m1/s1. The average Bonchev–Trinajstić information content (AvgIpc) is 3.08. The lowest BCUT2D eigenvalue weighted by molar-refractivity contribution is -0.134. The van der Waals surface area contributed by atoms with Crippen LogP contribution in [0.1, 0.15) is 45.1 Å². The van der Waals surface area contributed by atoms with Crippen molar-refractivity contribution >= 4 is 11.9 Å². The summed E-state index contributed by atoms with van der Waals surface area (Å²) in [4.78, 5) is 31.6. The lowest BCUT2D eigenvalue weighted by Crippen LogP contribution is -2.51. The van der Waals surface area contributed by atoms with E-state index in [2.05, 4.69) is 36.1 Å². The van der Waals surface area contributed by atoms with Gasteiger partial charge in [0.15, 0.2) is 0 Å². The number of rotatable bonds is 3. The first kappa shape index (κ1) is 16.6. The van der Waals surface area contributed by atoms with Crippen molar-refractivity contribution in [2.75, 3.05) is 13.1 Å². The fourth-order valence-electron chi connectivity index (χ4n) is 4.77. The van der Waals surface area contributed by atoms with Crippen molar-refractivity contribution in [3.63, 3.8) is 0 Å². The Morgan fingerprint density at radius 1 is 1.16 bits per heavy atom. The predicted molar refractivity (Wildman–Crippen MR) is 95.9 cm³/mol. The molecule has 1 aromatic carbocycles. The maximum atomic E-state index is 12.9. The van der Waals surface area contributed by atoms with Crippen molar-refractivity contribution in [1.29, 1.82) is 0 Å². The molecule has 0 N–H and O–H groups in total. The highest BCUT2D eigenvalue weighted by atomic mass is 16.2. The molecule has 25 heavy (non-hydrogen) atoms. The van der Waals surface area contributed by atoms with Gasteiger partial charge in [0.1, 0.15) is 5.54 Å². The molecule has 3 atom stereocenters. The van der Waals surface area contributed by atoms with E-state index >= 15 is 0 Å². The smallest absolute Gasteiger partial charge is 0.310 e. The Kier molecular flexibility index (Phi) is 4.07. The SMILES string of the molecule is C[C@@H]1C[C@@H](N2C(=O)N3CCC[C@@]3(C)C2=O)CCN1Cc1ccccc1. The van der Waals surface area contributed by atoms with E-state index in [1.165, 1.54) is 5.56 Å². The summed E-state index contributed by atoms with van der Waals surface area (Å²) in [5.74, 6) is 0.0312. The van der Waals surface area contributed by atoms with E-state index in [-0.39, 0.29) is 18.0 Å². The minimum atomic E-state index is -0.582. The van der Waals surface area contributed by atoms with Gasteiger partial charge in [-0.3, -0.25) is 14.6 Å². The largest absolute Gasteiger partial charge is 0.327 e. The highest BCUT2D eigenvalue weighted by Crippen LogP contribution is 2.40. The monoisotopic (exact) mass is 341 g/mol. The van der Waals surface area contributed by atoms with Gasteiger partial charge in [-0.1, -0.05) is 30.3 Å². The molecule has 134 valence electrons. The van der Waals surface area contributed by atoms with Crippen molar-refractivity contribution in [3.8, 4) is 0 Å². The second-order valence-electron chi connectivity index (χ2n) is 7.97. The third-order valence-electron chi connectivity index (χ3n) is 6.34. The van der Waals surface area contributed by atoms with Crippen LogP contribution in [0.25, 0.3) is 0 Å². The summed E-state index contributed by atoms with van der Waals surface area (Å²) in [6.45, 7) is 6.73. The third kappa shape index (κ3) is 2.65. The number of hydrogen-bond acceptors (Lipinski definition) is 3. The molecule has 3 fully saturated rings. The normalized spacial score (nSPS) is 33.2. The van der Waals surface area contributed by atoms with Gasteiger partial charge in [0, 0.05) is 31.7 Å². The van der Waals surface area contributed by atoms with Crippen LogP contribution in [-0.4, -0.2) is 57.4 Å². The van der Waals surface area contributed by atoms with Gasteiger partial charge in [-0.25, -0.2) is 4.79 Å². The van der Waals surface area contributed by atoms with Gasteiger partial charge in [-0.15, -0.1) is 0 Å². The molecule has 3 amide bonds. The fraction of sp³-hybridized carbons (Fsp3) is 0.600. The molecule has 0 saturated carbocycles. The Balaban J connectivity index is 1.44. The number of benzene rings is 1. The van der Waals surface area contributed by atoms with Crippen LogP contribution in [0.2, 0.25) is 0 Å². The molecule has 0 bridgehead atoms. The van der Waals surface area contributed by atoms with Crippen LogP contribution in [0.4, 0.5) is 4.79 Å². The molecule has 0 spiro atoms. The van der Waals surface area contributed by atoms with Crippen LogP contribution < -0.4 is 0 Å². The maximum absolute atomic E-state index is 12.9. The molecule has 3 heterocycles. The zero-order valence-corrected chi connectivity index (χ0v) is 15.1. The number of piperidine rings is 1. The second kappa shape index (κ2) is 6.13. The summed E-state index contributed by atoms with van der Waals surface area (Å²) < 4.78 is 0. The molecule has 0 unspecified atom stereocenters. The topological polar surface area (TPSA) is 43.9 Å². The molecule has 4 rings (SSSR count). The quantitative estimate of drug-likeness (QED) is 0.794. The molecule has 0 radical (unpaired) electrons. The van der Waals surface area contributed by atoms with E-state index in [0.29, 0.717) is 6.04 Å². The molecule has 3 aliphatic heterocycles. The summed E-state index contributed by atoms with van der Waals surface area (Å²) >= 11 is 0. The predicted octanol–water partition coefficient (Wildman–Crippen LogP) is 2.86. The van der Waals surface area contributed by atoms with Gasteiger partial charge in [0.25, 0.3) is 5.91 Å². The van der Waals surface area contributed by atoms with E-state index in [4.69, 9.17) is 0 Å².